The highest BCUT2D eigenvalue weighted by Gasteiger charge is 2.20. The number of carbonyl (C=O) groups is 1. The van der Waals surface area contributed by atoms with Crippen LogP contribution in [0.4, 0.5) is 5.69 Å². The van der Waals surface area contributed by atoms with Crippen molar-refractivity contribution in [2.75, 3.05) is 19.4 Å². The Kier molecular flexibility index (Phi) is 4.46. The lowest BCUT2D eigenvalue weighted by atomic mass is 9.86. The molecule has 0 heterocycles. The zero-order chi connectivity index (χ0) is 13.8. The predicted octanol–water partition coefficient (Wildman–Crippen LogP) is 3.38. The average Bonchev–Trinajstić information content (AvgIpc) is 2.41. The maximum atomic E-state index is 11.8. The van der Waals surface area contributed by atoms with Crippen LogP contribution in [-0.4, -0.2) is 30.9 Å². The number of hydrogen-bond donors (Lipinski definition) is 1. The SMILES string of the molecule is CC1CCCCC1Nc1ccc(C(=O)N(C)C)cc1. The van der Waals surface area contributed by atoms with Crippen LogP contribution in [0, 0.1) is 5.92 Å². The molecule has 0 aromatic heterocycles. The fourth-order valence-electron chi connectivity index (χ4n) is 2.71. The van der Waals surface area contributed by atoms with Gasteiger partial charge in [0.15, 0.2) is 0 Å². The van der Waals surface area contributed by atoms with Crippen LogP contribution in [0.1, 0.15) is 43.0 Å². The van der Waals surface area contributed by atoms with E-state index in [1.165, 1.54) is 25.7 Å². The summed E-state index contributed by atoms with van der Waals surface area (Å²) in [6.07, 6.45) is 5.24. The van der Waals surface area contributed by atoms with Gasteiger partial charge in [0, 0.05) is 31.4 Å². The number of benzene rings is 1. The largest absolute Gasteiger partial charge is 0.382 e. The van der Waals surface area contributed by atoms with E-state index in [0.717, 1.165) is 17.2 Å². The molecule has 3 nitrogen and oxygen atoms in total. The molecule has 0 bridgehead atoms. The number of rotatable bonds is 3. The van der Waals surface area contributed by atoms with Gasteiger partial charge in [0.2, 0.25) is 0 Å². The van der Waals surface area contributed by atoms with Crippen molar-refractivity contribution in [1.82, 2.24) is 4.90 Å². The second-order valence-electron chi connectivity index (χ2n) is 5.79. The maximum absolute atomic E-state index is 11.8. The Morgan fingerprint density at radius 1 is 1.16 bits per heavy atom. The summed E-state index contributed by atoms with van der Waals surface area (Å²) >= 11 is 0. The first kappa shape index (κ1) is 13.9. The van der Waals surface area contributed by atoms with E-state index in [1.54, 1.807) is 19.0 Å². The lowest BCUT2D eigenvalue weighted by Gasteiger charge is -2.30. The Morgan fingerprint density at radius 3 is 2.37 bits per heavy atom. The molecule has 1 fully saturated rings. The lowest BCUT2D eigenvalue weighted by molar-refractivity contribution is 0.0827. The molecule has 1 aromatic carbocycles. The number of carbonyl (C=O) groups excluding carboxylic acids is 1. The molecule has 0 radical (unpaired) electrons. The van der Waals surface area contributed by atoms with E-state index >= 15 is 0 Å². The minimum Gasteiger partial charge on any atom is -0.382 e. The molecule has 3 heteroatoms. The van der Waals surface area contributed by atoms with E-state index in [0.29, 0.717) is 6.04 Å². The predicted molar refractivity (Wildman–Crippen MR) is 79.5 cm³/mol. The van der Waals surface area contributed by atoms with Gasteiger partial charge >= 0.3 is 0 Å². The summed E-state index contributed by atoms with van der Waals surface area (Å²) in [5.74, 6) is 0.786. The van der Waals surface area contributed by atoms with E-state index < -0.39 is 0 Å². The third kappa shape index (κ3) is 3.49. The second-order valence-corrected chi connectivity index (χ2v) is 5.79. The molecule has 1 N–H and O–H groups in total. The third-order valence-corrected chi connectivity index (χ3v) is 4.00. The van der Waals surface area contributed by atoms with Crippen LogP contribution in [0.2, 0.25) is 0 Å². The van der Waals surface area contributed by atoms with Crippen molar-refractivity contribution in [2.45, 2.75) is 38.6 Å². The van der Waals surface area contributed by atoms with Crippen LogP contribution in [0.5, 0.6) is 0 Å². The molecule has 0 aliphatic heterocycles. The average molecular weight is 260 g/mol. The minimum absolute atomic E-state index is 0.0533. The Morgan fingerprint density at radius 2 is 1.79 bits per heavy atom. The van der Waals surface area contributed by atoms with Crippen LogP contribution in [0.15, 0.2) is 24.3 Å². The first-order chi connectivity index (χ1) is 9.08. The highest BCUT2D eigenvalue weighted by Crippen LogP contribution is 2.26. The van der Waals surface area contributed by atoms with Gasteiger partial charge in [-0.1, -0.05) is 19.8 Å². The molecule has 1 aromatic rings. The second kappa shape index (κ2) is 6.09. The molecule has 19 heavy (non-hydrogen) atoms. The first-order valence-corrected chi connectivity index (χ1v) is 7.16. The molecule has 2 rings (SSSR count). The van der Waals surface area contributed by atoms with E-state index in [-0.39, 0.29) is 5.91 Å². The number of anilines is 1. The smallest absolute Gasteiger partial charge is 0.253 e. The molecule has 1 amide bonds. The van der Waals surface area contributed by atoms with Gasteiger partial charge < -0.3 is 10.2 Å². The van der Waals surface area contributed by atoms with Crippen LogP contribution in [0.25, 0.3) is 0 Å². The molecule has 0 spiro atoms. The Hall–Kier alpha value is -1.51. The van der Waals surface area contributed by atoms with E-state index in [1.807, 2.05) is 24.3 Å². The molecular formula is C16H24N2O. The fraction of sp³-hybridized carbons (Fsp3) is 0.562. The highest BCUT2D eigenvalue weighted by atomic mass is 16.2. The topological polar surface area (TPSA) is 32.3 Å². The van der Waals surface area contributed by atoms with Gasteiger partial charge in [-0.15, -0.1) is 0 Å². The third-order valence-electron chi connectivity index (χ3n) is 4.00. The van der Waals surface area contributed by atoms with Crippen molar-refractivity contribution in [3.05, 3.63) is 29.8 Å². The molecule has 1 aliphatic rings. The standard InChI is InChI=1S/C16H24N2O/c1-12-6-4-5-7-15(12)17-14-10-8-13(9-11-14)16(19)18(2)3/h8-12,15,17H,4-7H2,1-3H3. The maximum Gasteiger partial charge on any atom is 0.253 e. The summed E-state index contributed by atoms with van der Waals surface area (Å²) in [7, 11) is 3.55. The molecule has 104 valence electrons. The summed E-state index contributed by atoms with van der Waals surface area (Å²) in [6, 6.07) is 8.40. The Bertz CT molecular complexity index is 425. The zero-order valence-corrected chi connectivity index (χ0v) is 12.1. The number of nitrogens with zero attached hydrogens (tertiary/aromatic N) is 1. The summed E-state index contributed by atoms with van der Waals surface area (Å²) in [4.78, 5) is 13.4. The van der Waals surface area contributed by atoms with Gasteiger partial charge in [-0.2, -0.15) is 0 Å². The Balaban J connectivity index is 2.00. The van der Waals surface area contributed by atoms with E-state index in [4.69, 9.17) is 0 Å². The van der Waals surface area contributed by atoms with Crippen molar-refractivity contribution in [1.29, 1.82) is 0 Å². The molecule has 1 aliphatic carbocycles. The van der Waals surface area contributed by atoms with E-state index in [9.17, 15) is 4.79 Å². The number of nitrogens with one attached hydrogen (secondary N) is 1. The van der Waals surface area contributed by atoms with E-state index in [2.05, 4.69) is 12.2 Å². The highest BCUT2D eigenvalue weighted by molar-refractivity contribution is 5.94. The van der Waals surface area contributed by atoms with Crippen molar-refractivity contribution >= 4 is 11.6 Å². The van der Waals surface area contributed by atoms with Gasteiger partial charge in [0.05, 0.1) is 0 Å². The van der Waals surface area contributed by atoms with Gasteiger partial charge in [-0.25, -0.2) is 0 Å². The van der Waals surface area contributed by atoms with Crippen LogP contribution in [0.3, 0.4) is 0 Å². The van der Waals surface area contributed by atoms with Crippen LogP contribution < -0.4 is 5.32 Å². The summed E-state index contributed by atoms with van der Waals surface area (Å²) in [5, 5.41) is 3.60. The quantitative estimate of drug-likeness (QED) is 0.903. The van der Waals surface area contributed by atoms with Gasteiger partial charge in [0.25, 0.3) is 5.91 Å². The monoisotopic (exact) mass is 260 g/mol. The van der Waals surface area contributed by atoms with Crippen molar-refractivity contribution in [3.63, 3.8) is 0 Å². The van der Waals surface area contributed by atoms with Crippen molar-refractivity contribution in [2.24, 2.45) is 5.92 Å². The first-order valence-electron chi connectivity index (χ1n) is 7.16. The fourth-order valence-corrected chi connectivity index (χ4v) is 2.71. The van der Waals surface area contributed by atoms with Crippen molar-refractivity contribution in [3.8, 4) is 0 Å². The number of hydrogen-bond acceptors (Lipinski definition) is 2. The lowest BCUT2D eigenvalue weighted by Crippen LogP contribution is -2.30. The minimum atomic E-state index is 0.0533. The zero-order valence-electron chi connectivity index (χ0n) is 12.1. The summed E-state index contributed by atoms with van der Waals surface area (Å²) in [6.45, 7) is 2.32. The molecule has 2 unspecified atom stereocenters. The summed E-state index contributed by atoms with van der Waals surface area (Å²) < 4.78 is 0. The normalized spacial score (nSPS) is 22.9. The van der Waals surface area contributed by atoms with Gasteiger partial charge in [-0.05, 0) is 43.0 Å². The molecule has 2 atom stereocenters. The molecular weight excluding hydrogens is 236 g/mol. The van der Waals surface area contributed by atoms with Crippen LogP contribution in [-0.2, 0) is 0 Å². The van der Waals surface area contributed by atoms with Gasteiger partial charge in [0.1, 0.15) is 0 Å². The van der Waals surface area contributed by atoms with Crippen molar-refractivity contribution < 1.29 is 4.79 Å². The Labute approximate surface area is 116 Å². The summed E-state index contributed by atoms with van der Waals surface area (Å²) in [5.41, 5.74) is 1.86. The van der Waals surface area contributed by atoms with Crippen LogP contribution >= 0.6 is 0 Å². The van der Waals surface area contributed by atoms with Gasteiger partial charge in [-0.3, -0.25) is 4.79 Å². The molecule has 0 saturated heterocycles. The number of amides is 1. The molecule has 1 saturated carbocycles.